The van der Waals surface area contributed by atoms with Gasteiger partial charge in [-0.25, -0.2) is 13.1 Å². The van der Waals surface area contributed by atoms with Gasteiger partial charge in [0.25, 0.3) is 5.91 Å². The second-order valence-electron chi connectivity index (χ2n) is 6.15. The number of sulfone groups is 1. The number of hydrogen-bond acceptors (Lipinski definition) is 5. The molecule has 26 heavy (non-hydrogen) atoms. The summed E-state index contributed by atoms with van der Waals surface area (Å²) >= 11 is 0. The van der Waals surface area contributed by atoms with Crippen LogP contribution in [0.15, 0.2) is 47.4 Å². The third kappa shape index (κ3) is 3.60. The third-order valence-electron chi connectivity index (χ3n) is 4.23. The van der Waals surface area contributed by atoms with Gasteiger partial charge in [-0.15, -0.1) is 5.10 Å². The number of carbonyl (C=O) groups excluding carboxylic acids is 1. The number of hydrogen-bond donors (Lipinski definition) is 1. The van der Waals surface area contributed by atoms with Crippen LogP contribution < -0.4 is 5.32 Å². The number of fused-ring (bicyclic) bond motifs is 1. The number of aryl methyl sites for hydroxylation is 1. The molecular weight excluding hydrogens is 352 g/mol. The van der Waals surface area contributed by atoms with Crippen LogP contribution in [0.2, 0.25) is 0 Å². The molecule has 1 atom stereocenters. The van der Waals surface area contributed by atoms with Crippen LogP contribution in [0.25, 0.3) is 11.0 Å². The summed E-state index contributed by atoms with van der Waals surface area (Å²) in [5, 5.41) is 11.0. The molecule has 1 unspecified atom stereocenters. The first-order valence-corrected chi connectivity index (χ1v) is 10.1. The van der Waals surface area contributed by atoms with Crippen molar-refractivity contribution in [1.29, 1.82) is 0 Å². The SMILES string of the molecule is CCn1nnc2cc(C(=O)NC(C)c3ccc(S(C)(=O)=O)cc3)ccc21. The molecular formula is C18H20N4O3S. The number of aromatic nitrogens is 3. The lowest BCUT2D eigenvalue weighted by Gasteiger charge is -2.15. The molecule has 0 saturated heterocycles. The highest BCUT2D eigenvalue weighted by atomic mass is 32.2. The van der Waals surface area contributed by atoms with E-state index in [0.717, 1.165) is 17.3 Å². The quantitative estimate of drug-likeness (QED) is 0.742. The number of nitrogens with zero attached hydrogens (tertiary/aromatic N) is 3. The van der Waals surface area contributed by atoms with Gasteiger partial charge in [0.1, 0.15) is 5.52 Å². The predicted octanol–water partition coefficient (Wildman–Crippen LogP) is 2.35. The van der Waals surface area contributed by atoms with E-state index in [-0.39, 0.29) is 16.8 Å². The molecule has 1 N–H and O–H groups in total. The maximum atomic E-state index is 12.5. The molecule has 3 rings (SSSR count). The zero-order chi connectivity index (χ0) is 18.9. The topological polar surface area (TPSA) is 93.9 Å². The Bertz CT molecular complexity index is 1060. The van der Waals surface area contributed by atoms with E-state index in [1.165, 1.54) is 0 Å². The maximum absolute atomic E-state index is 12.5. The molecule has 0 radical (unpaired) electrons. The van der Waals surface area contributed by atoms with Crippen LogP contribution in [-0.4, -0.2) is 35.6 Å². The van der Waals surface area contributed by atoms with E-state index in [0.29, 0.717) is 17.6 Å². The van der Waals surface area contributed by atoms with Crippen molar-refractivity contribution in [3.63, 3.8) is 0 Å². The summed E-state index contributed by atoms with van der Waals surface area (Å²) in [6.07, 6.45) is 1.16. The fourth-order valence-corrected chi connectivity index (χ4v) is 3.34. The molecule has 136 valence electrons. The molecule has 0 fully saturated rings. The van der Waals surface area contributed by atoms with Gasteiger partial charge < -0.3 is 5.32 Å². The molecule has 0 aliphatic heterocycles. The van der Waals surface area contributed by atoms with Crippen LogP contribution >= 0.6 is 0 Å². The first-order chi connectivity index (χ1) is 12.3. The highest BCUT2D eigenvalue weighted by Gasteiger charge is 2.14. The van der Waals surface area contributed by atoms with Gasteiger partial charge in [0, 0.05) is 18.4 Å². The van der Waals surface area contributed by atoms with Crippen molar-refractivity contribution in [2.24, 2.45) is 0 Å². The Balaban J connectivity index is 1.76. The van der Waals surface area contributed by atoms with Crippen LogP contribution in [-0.2, 0) is 16.4 Å². The summed E-state index contributed by atoms with van der Waals surface area (Å²) in [4.78, 5) is 12.8. The first kappa shape index (κ1) is 18.1. The van der Waals surface area contributed by atoms with Crippen molar-refractivity contribution in [3.05, 3.63) is 53.6 Å². The van der Waals surface area contributed by atoms with Crippen LogP contribution in [0.3, 0.4) is 0 Å². The highest BCUT2D eigenvalue weighted by Crippen LogP contribution is 2.18. The molecule has 0 aliphatic rings. The van der Waals surface area contributed by atoms with E-state index in [1.807, 2.05) is 19.9 Å². The predicted molar refractivity (Wildman–Crippen MR) is 98.6 cm³/mol. The zero-order valence-corrected chi connectivity index (χ0v) is 15.6. The lowest BCUT2D eigenvalue weighted by molar-refractivity contribution is 0.0940. The Labute approximate surface area is 151 Å². The van der Waals surface area contributed by atoms with Gasteiger partial charge in [-0.2, -0.15) is 0 Å². The van der Waals surface area contributed by atoms with E-state index in [9.17, 15) is 13.2 Å². The zero-order valence-electron chi connectivity index (χ0n) is 14.8. The summed E-state index contributed by atoms with van der Waals surface area (Å²) in [7, 11) is -3.23. The summed E-state index contributed by atoms with van der Waals surface area (Å²) in [6.45, 7) is 4.53. The van der Waals surface area contributed by atoms with Gasteiger partial charge in [0.05, 0.1) is 16.5 Å². The van der Waals surface area contributed by atoms with Gasteiger partial charge in [0.2, 0.25) is 0 Å². The summed E-state index contributed by atoms with van der Waals surface area (Å²) < 4.78 is 24.8. The summed E-state index contributed by atoms with van der Waals surface area (Å²) in [6, 6.07) is 11.5. The molecule has 1 amide bonds. The van der Waals surface area contributed by atoms with E-state index in [2.05, 4.69) is 15.6 Å². The van der Waals surface area contributed by atoms with Crippen LogP contribution in [0, 0.1) is 0 Å². The summed E-state index contributed by atoms with van der Waals surface area (Å²) in [5.41, 5.74) is 2.88. The van der Waals surface area contributed by atoms with Gasteiger partial charge in [-0.1, -0.05) is 17.3 Å². The molecule has 7 nitrogen and oxygen atoms in total. The van der Waals surface area contributed by atoms with Gasteiger partial charge in [0.15, 0.2) is 9.84 Å². The Morgan fingerprint density at radius 2 is 1.88 bits per heavy atom. The molecule has 1 heterocycles. The Hall–Kier alpha value is -2.74. The highest BCUT2D eigenvalue weighted by molar-refractivity contribution is 7.90. The van der Waals surface area contributed by atoms with Crippen LogP contribution in [0.5, 0.6) is 0 Å². The number of amides is 1. The average Bonchev–Trinajstić information content (AvgIpc) is 3.03. The Morgan fingerprint density at radius 1 is 1.19 bits per heavy atom. The molecule has 2 aromatic carbocycles. The molecule has 0 bridgehead atoms. The number of nitrogens with one attached hydrogen (secondary N) is 1. The molecule has 0 spiro atoms. The van der Waals surface area contributed by atoms with Crippen molar-refractivity contribution in [1.82, 2.24) is 20.3 Å². The lowest BCUT2D eigenvalue weighted by atomic mass is 10.1. The van der Waals surface area contributed by atoms with E-state index >= 15 is 0 Å². The molecule has 0 saturated carbocycles. The van der Waals surface area contributed by atoms with Crippen molar-refractivity contribution in [2.45, 2.75) is 31.3 Å². The van der Waals surface area contributed by atoms with Gasteiger partial charge in [-0.05, 0) is 49.7 Å². The number of benzene rings is 2. The minimum atomic E-state index is -3.23. The fraction of sp³-hybridized carbons (Fsp3) is 0.278. The first-order valence-electron chi connectivity index (χ1n) is 8.23. The molecule has 3 aromatic rings. The second-order valence-corrected chi connectivity index (χ2v) is 8.16. The van der Waals surface area contributed by atoms with Crippen LogP contribution in [0.4, 0.5) is 0 Å². The molecule has 8 heteroatoms. The Morgan fingerprint density at radius 3 is 2.50 bits per heavy atom. The fourth-order valence-electron chi connectivity index (χ4n) is 2.71. The smallest absolute Gasteiger partial charge is 0.251 e. The average molecular weight is 372 g/mol. The van der Waals surface area contributed by atoms with Gasteiger partial charge in [-0.3, -0.25) is 4.79 Å². The monoisotopic (exact) mass is 372 g/mol. The Kier molecular flexibility index (Phi) is 4.78. The van der Waals surface area contributed by atoms with Crippen molar-refractivity contribution < 1.29 is 13.2 Å². The second kappa shape index (κ2) is 6.87. The summed E-state index contributed by atoms with van der Waals surface area (Å²) in [5.74, 6) is -0.224. The van der Waals surface area contributed by atoms with Crippen molar-refractivity contribution >= 4 is 26.8 Å². The van der Waals surface area contributed by atoms with Crippen LogP contribution in [0.1, 0.15) is 35.8 Å². The largest absolute Gasteiger partial charge is 0.346 e. The maximum Gasteiger partial charge on any atom is 0.251 e. The van der Waals surface area contributed by atoms with Crippen molar-refractivity contribution in [3.8, 4) is 0 Å². The van der Waals surface area contributed by atoms with Gasteiger partial charge >= 0.3 is 0 Å². The third-order valence-corrected chi connectivity index (χ3v) is 5.36. The number of carbonyl (C=O) groups is 1. The lowest BCUT2D eigenvalue weighted by Crippen LogP contribution is -2.26. The van der Waals surface area contributed by atoms with Crippen molar-refractivity contribution in [2.75, 3.05) is 6.26 Å². The minimum Gasteiger partial charge on any atom is -0.346 e. The standard InChI is InChI=1S/C18H20N4O3S/c1-4-22-17-10-7-14(11-16(17)20-21-22)18(23)19-12(2)13-5-8-15(9-6-13)26(3,24)25/h5-12H,4H2,1-3H3,(H,19,23). The normalized spacial score (nSPS) is 12.9. The van der Waals surface area contributed by atoms with E-state index in [1.54, 1.807) is 41.1 Å². The van der Waals surface area contributed by atoms with E-state index in [4.69, 9.17) is 0 Å². The molecule has 0 aliphatic carbocycles. The number of rotatable bonds is 5. The molecule has 1 aromatic heterocycles. The van der Waals surface area contributed by atoms with E-state index < -0.39 is 9.84 Å². The minimum absolute atomic E-state index is 0.224.